The van der Waals surface area contributed by atoms with Crippen LogP contribution in [0.2, 0.25) is 0 Å². The molecule has 2 amide bonds. The molecule has 0 radical (unpaired) electrons. The number of amides is 2. The SMILES string of the molecule is Cc1nnc(CCNC(=O)C2CC(=O)N(Cc3ccccn3)C2)s1. The van der Waals surface area contributed by atoms with E-state index in [0.29, 0.717) is 26.1 Å². The number of pyridine rings is 1. The number of aryl methyl sites for hydroxylation is 1. The van der Waals surface area contributed by atoms with Gasteiger partial charge in [0.15, 0.2) is 0 Å². The molecule has 0 bridgehead atoms. The summed E-state index contributed by atoms with van der Waals surface area (Å²) in [5.41, 5.74) is 0.832. The Morgan fingerprint density at radius 3 is 3.00 bits per heavy atom. The molecule has 0 aromatic carbocycles. The van der Waals surface area contributed by atoms with Crippen molar-refractivity contribution < 1.29 is 9.59 Å². The van der Waals surface area contributed by atoms with Crippen molar-refractivity contribution in [1.82, 2.24) is 25.4 Å². The Labute approximate surface area is 144 Å². The zero-order valence-corrected chi connectivity index (χ0v) is 14.3. The molecule has 1 atom stereocenters. The van der Waals surface area contributed by atoms with Crippen LogP contribution in [0.15, 0.2) is 24.4 Å². The van der Waals surface area contributed by atoms with E-state index in [-0.39, 0.29) is 24.2 Å². The zero-order chi connectivity index (χ0) is 16.9. The molecule has 3 rings (SSSR count). The minimum absolute atomic E-state index is 0.000510. The second-order valence-corrected chi connectivity index (χ2v) is 7.02. The van der Waals surface area contributed by atoms with Crippen LogP contribution >= 0.6 is 11.3 Å². The van der Waals surface area contributed by atoms with Crippen LogP contribution in [0, 0.1) is 12.8 Å². The number of carbonyl (C=O) groups excluding carboxylic acids is 2. The second kappa shape index (κ2) is 7.48. The standard InChI is InChI=1S/C16H19N5O2S/c1-11-19-20-14(24-11)5-7-18-16(23)12-8-15(22)21(9-12)10-13-4-2-3-6-17-13/h2-4,6,12H,5,7-10H2,1H3,(H,18,23). The largest absolute Gasteiger partial charge is 0.355 e. The number of rotatable bonds is 6. The number of nitrogens with zero attached hydrogens (tertiary/aromatic N) is 4. The van der Waals surface area contributed by atoms with Crippen molar-refractivity contribution >= 4 is 23.2 Å². The lowest BCUT2D eigenvalue weighted by atomic mass is 10.1. The molecule has 3 heterocycles. The van der Waals surface area contributed by atoms with Gasteiger partial charge in [0, 0.05) is 32.1 Å². The molecule has 24 heavy (non-hydrogen) atoms. The Kier molecular flexibility index (Phi) is 5.14. The van der Waals surface area contributed by atoms with Crippen LogP contribution in [-0.4, -0.2) is 45.0 Å². The fraction of sp³-hybridized carbons (Fsp3) is 0.438. The van der Waals surface area contributed by atoms with Gasteiger partial charge < -0.3 is 10.2 Å². The highest BCUT2D eigenvalue weighted by atomic mass is 32.1. The fourth-order valence-electron chi connectivity index (χ4n) is 2.66. The number of nitrogens with one attached hydrogen (secondary N) is 1. The van der Waals surface area contributed by atoms with Crippen molar-refractivity contribution in [3.8, 4) is 0 Å². The monoisotopic (exact) mass is 345 g/mol. The molecule has 126 valence electrons. The number of aromatic nitrogens is 3. The number of likely N-dealkylation sites (tertiary alicyclic amines) is 1. The van der Waals surface area contributed by atoms with E-state index >= 15 is 0 Å². The molecular formula is C16H19N5O2S. The van der Waals surface area contributed by atoms with E-state index in [9.17, 15) is 9.59 Å². The van der Waals surface area contributed by atoms with Crippen LogP contribution in [0.4, 0.5) is 0 Å². The molecule has 1 saturated heterocycles. The van der Waals surface area contributed by atoms with Crippen LogP contribution in [0.5, 0.6) is 0 Å². The smallest absolute Gasteiger partial charge is 0.225 e. The first-order valence-corrected chi connectivity index (χ1v) is 8.68. The maximum Gasteiger partial charge on any atom is 0.225 e. The van der Waals surface area contributed by atoms with E-state index in [4.69, 9.17) is 0 Å². The van der Waals surface area contributed by atoms with E-state index in [2.05, 4.69) is 20.5 Å². The third-order valence-electron chi connectivity index (χ3n) is 3.87. The fourth-order valence-corrected chi connectivity index (χ4v) is 3.37. The number of hydrogen-bond acceptors (Lipinski definition) is 6. The molecule has 2 aromatic heterocycles. The Balaban J connectivity index is 1.47. The number of carbonyl (C=O) groups is 2. The molecule has 1 aliphatic heterocycles. The summed E-state index contributed by atoms with van der Waals surface area (Å²) in [6.45, 7) is 3.31. The average molecular weight is 345 g/mol. The lowest BCUT2D eigenvalue weighted by Crippen LogP contribution is -2.34. The molecule has 8 heteroatoms. The normalized spacial score (nSPS) is 17.3. The first kappa shape index (κ1) is 16.5. The highest BCUT2D eigenvalue weighted by Gasteiger charge is 2.34. The summed E-state index contributed by atoms with van der Waals surface area (Å²) < 4.78 is 0. The molecule has 1 unspecified atom stereocenters. The minimum atomic E-state index is -0.294. The van der Waals surface area contributed by atoms with Gasteiger partial charge >= 0.3 is 0 Å². The van der Waals surface area contributed by atoms with Gasteiger partial charge in [-0.05, 0) is 19.1 Å². The topological polar surface area (TPSA) is 88.1 Å². The first-order valence-electron chi connectivity index (χ1n) is 7.86. The van der Waals surface area contributed by atoms with E-state index in [1.165, 1.54) is 11.3 Å². The van der Waals surface area contributed by atoms with Gasteiger partial charge in [0.25, 0.3) is 0 Å². The predicted molar refractivity (Wildman–Crippen MR) is 89.1 cm³/mol. The van der Waals surface area contributed by atoms with E-state index in [0.717, 1.165) is 15.7 Å². The minimum Gasteiger partial charge on any atom is -0.355 e. The van der Waals surface area contributed by atoms with Crippen LogP contribution in [0.3, 0.4) is 0 Å². The molecule has 2 aromatic rings. The Hall–Kier alpha value is -2.35. The van der Waals surface area contributed by atoms with Gasteiger partial charge in [0.2, 0.25) is 11.8 Å². The molecule has 0 aliphatic carbocycles. The average Bonchev–Trinajstić information content (AvgIpc) is 3.15. The quantitative estimate of drug-likeness (QED) is 0.842. The third kappa shape index (κ3) is 4.14. The van der Waals surface area contributed by atoms with Crippen molar-refractivity contribution in [3.63, 3.8) is 0 Å². The van der Waals surface area contributed by atoms with Crippen LogP contribution in [0.1, 0.15) is 22.1 Å². The van der Waals surface area contributed by atoms with Gasteiger partial charge in [-0.2, -0.15) is 0 Å². The first-order chi connectivity index (χ1) is 11.6. The summed E-state index contributed by atoms with van der Waals surface area (Å²) in [5.74, 6) is -0.369. The maximum absolute atomic E-state index is 12.2. The van der Waals surface area contributed by atoms with Crippen molar-refractivity contribution in [2.75, 3.05) is 13.1 Å². The molecule has 0 saturated carbocycles. The van der Waals surface area contributed by atoms with Crippen molar-refractivity contribution in [1.29, 1.82) is 0 Å². The summed E-state index contributed by atoms with van der Waals surface area (Å²) in [6, 6.07) is 5.61. The molecule has 1 N–H and O–H groups in total. The Morgan fingerprint density at radius 2 is 2.29 bits per heavy atom. The summed E-state index contributed by atoms with van der Waals surface area (Å²) >= 11 is 1.53. The summed E-state index contributed by atoms with van der Waals surface area (Å²) in [6.07, 6.45) is 2.63. The van der Waals surface area contributed by atoms with Gasteiger partial charge in [-0.25, -0.2) is 0 Å². The Morgan fingerprint density at radius 1 is 1.42 bits per heavy atom. The van der Waals surface area contributed by atoms with Gasteiger partial charge in [0.05, 0.1) is 18.2 Å². The van der Waals surface area contributed by atoms with E-state index < -0.39 is 0 Å². The lowest BCUT2D eigenvalue weighted by Gasteiger charge is -2.16. The molecule has 1 fully saturated rings. The van der Waals surface area contributed by atoms with E-state index in [1.54, 1.807) is 11.1 Å². The summed E-state index contributed by atoms with van der Waals surface area (Å²) in [7, 11) is 0. The van der Waals surface area contributed by atoms with Crippen molar-refractivity contribution in [3.05, 3.63) is 40.1 Å². The highest BCUT2D eigenvalue weighted by molar-refractivity contribution is 7.11. The lowest BCUT2D eigenvalue weighted by molar-refractivity contribution is -0.129. The molecular weight excluding hydrogens is 326 g/mol. The predicted octanol–water partition coefficient (Wildman–Crippen LogP) is 0.949. The second-order valence-electron chi connectivity index (χ2n) is 5.75. The van der Waals surface area contributed by atoms with Crippen LogP contribution in [-0.2, 0) is 22.6 Å². The molecule has 7 nitrogen and oxygen atoms in total. The summed E-state index contributed by atoms with van der Waals surface area (Å²) in [5, 5.41) is 12.7. The highest BCUT2D eigenvalue weighted by Crippen LogP contribution is 2.19. The molecule has 0 spiro atoms. The van der Waals surface area contributed by atoms with Gasteiger partial charge in [-0.3, -0.25) is 14.6 Å². The van der Waals surface area contributed by atoms with E-state index in [1.807, 2.05) is 25.1 Å². The van der Waals surface area contributed by atoms with Gasteiger partial charge in [-0.1, -0.05) is 6.07 Å². The van der Waals surface area contributed by atoms with Gasteiger partial charge in [-0.15, -0.1) is 21.5 Å². The molecule has 1 aliphatic rings. The van der Waals surface area contributed by atoms with Crippen LogP contribution < -0.4 is 5.32 Å². The summed E-state index contributed by atoms with van der Waals surface area (Å²) in [4.78, 5) is 30.3. The van der Waals surface area contributed by atoms with Crippen LogP contribution in [0.25, 0.3) is 0 Å². The maximum atomic E-state index is 12.2. The van der Waals surface area contributed by atoms with Gasteiger partial charge in [0.1, 0.15) is 10.0 Å². The van der Waals surface area contributed by atoms with Crippen molar-refractivity contribution in [2.45, 2.75) is 26.3 Å². The zero-order valence-electron chi connectivity index (χ0n) is 13.4. The van der Waals surface area contributed by atoms with Crippen molar-refractivity contribution in [2.24, 2.45) is 5.92 Å². The third-order valence-corrected chi connectivity index (χ3v) is 4.77. The number of hydrogen-bond donors (Lipinski definition) is 1. The Bertz CT molecular complexity index is 718.